The third-order valence-corrected chi connectivity index (χ3v) is 4.73. The molecule has 0 aliphatic rings. The van der Waals surface area contributed by atoms with Crippen molar-refractivity contribution in [1.82, 2.24) is 4.98 Å². The number of hydrogen-bond acceptors (Lipinski definition) is 4. The number of para-hydroxylation sites is 1. The fourth-order valence-electron chi connectivity index (χ4n) is 2.44. The Labute approximate surface area is 145 Å². The first kappa shape index (κ1) is 16.5. The number of nitrogens with one attached hydrogen (secondary N) is 1. The summed E-state index contributed by atoms with van der Waals surface area (Å²) in [6.07, 6.45) is 0.294. The number of amides is 1. The predicted octanol–water partition coefficient (Wildman–Crippen LogP) is 4.63. The highest BCUT2D eigenvalue weighted by Gasteiger charge is 2.09. The molecule has 0 spiro atoms. The van der Waals surface area contributed by atoms with E-state index in [9.17, 15) is 4.79 Å². The van der Waals surface area contributed by atoms with E-state index in [4.69, 9.17) is 4.74 Å². The largest absolute Gasteiger partial charge is 0.493 e. The first-order chi connectivity index (χ1) is 11.5. The monoisotopic (exact) mass is 340 g/mol. The van der Waals surface area contributed by atoms with Gasteiger partial charge in [-0.05, 0) is 49.6 Å². The van der Waals surface area contributed by atoms with Gasteiger partial charge in [-0.15, -0.1) is 0 Å². The van der Waals surface area contributed by atoms with Gasteiger partial charge >= 0.3 is 0 Å². The number of carbonyl (C=O) groups is 1. The minimum atomic E-state index is -0.0861. The van der Waals surface area contributed by atoms with E-state index in [-0.39, 0.29) is 5.91 Å². The molecule has 0 aliphatic carbocycles. The molecule has 1 N–H and O–H groups in total. The smallest absolute Gasteiger partial charge is 0.229 e. The van der Waals surface area contributed by atoms with Gasteiger partial charge in [-0.25, -0.2) is 4.98 Å². The molecule has 0 saturated heterocycles. The second-order valence-electron chi connectivity index (χ2n) is 5.86. The van der Waals surface area contributed by atoms with Gasteiger partial charge < -0.3 is 10.1 Å². The molecule has 0 unspecified atom stereocenters. The van der Waals surface area contributed by atoms with Crippen molar-refractivity contribution >= 4 is 32.6 Å². The Hall–Kier alpha value is -2.40. The second kappa shape index (κ2) is 7.01. The van der Waals surface area contributed by atoms with Crippen molar-refractivity contribution in [2.45, 2.75) is 27.2 Å². The van der Waals surface area contributed by atoms with Gasteiger partial charge in [0.25, 0.3) is 0 Å². The number of anilines is 1. The van der Waals surface area contributed by atoms with E-state index in [0.717, 1.165) is 32.7 Å². The fourth-order valence-corrected chi connectivity index (χ4v) is 3.40. The van der Waals surface area contributed by atoms with Gasteiger partial charge in [0.1, 0.15) is 5.75 Å². The van der Waals surface area contributed by atoms with Crippen molar-refractivity contribution in [3.05, 3.63) is 53.1 Å². The maximum absolute atomic E-state index is 12.1. The molecule has 1 aromatic heterocycles. The molecule has 124 valence electrons. The highest BCUT2D eigenvalue weighted by molar-refractivity contribution is 7.22. The van der Waals surface area contributed by atoms with Crippen LogP contribution in [0.15, 0.2) is 36.4 Å². The van der Waals surface area contributed by atoms with Crippen LogP contribution >= 0.6 is 11.3 Å². The number of rotatable bonds is 5. The minimum Gasteiger partial charge on any atom is -0.493 e. The molecule has 0 fully saturated rings. The van der Waals surface area contributed by atoms with Crippen LogP contribution < -0.4 is 10.1 Å². The zero-order valence-corrected chi connectivity index (χ0v) is 14.9. The highest BCUT2D eigenvalue weighted by atomic mass is 32.1. The van der Waals surface area contributed by atoms with Gasteiger partial charge in [0.05, 0.1) is 23.2 Å². The summed E-state index contributed by atoms with van der Waals surface area (Å²) in [6.45, 7) is 6.39. The molecule has 24 heavy (non-hydrogen) atoms. The summed E-state index contributed by atoms with van der Waals surface area (Å²) in [5.74, 6) is 0.746. The van der Waals surface area contributed by atoms with E-state index >= 15 is 0 Å². The molecule has 0 saturated carbocycles. The van der Waals surface area contributed by atoms with E-state index in [0.29, 0.717) is 18.2 Å². The molecule has 3 rings (SSSR count). The van der Waals surface area contributed by atoms with Gasteiger partial charge in [-0.2, -0.15) is 0 Å². The third-order valence-electron chi connectivity index (χ3n) is 3.80. The molecular weight excluding hydrogens is 320 g/mol. The lowest BCUT2D eigenvalue weighted by Crippen LogP contribution is -2.15. The maximum atomic E-state index is 12.1. The lowest BCUT2D eigenvalue weighted by Gasteiger charge is -2.09. The Balaban J connectivity index is 1.57. The number of aromatic nitrogens is 1. The summed E-state index contributed by atoms with van der Waals surface area (Å²) >= 11 is 1.49. The molecule has 5 heteroatoms. The van der Waals surface area contributed by atoms with E-state index in [2.05, 4.69) is 10.3 Å². The number of aryl methyl sites for hydroxylation is 3. The van der Waals surface area contributed by atoms with Crippen molar-refractivity contribution in [2.75, 3.05) is 11.9 Å². The van der Waals surface area contributed by atoms with Crippen LogP contribution in [0.2, 0.25) is 0 Å². The number of fused-ring (bicyclic) bond motifs is 1. The van der Waals surface area contributed by atoms with Crippen molar-refractivity contribution in [3.63, 3.8) is 0 Å². The predicted molar refractivity (Wildman–Crippen MR) is 99.0 cm³/mol. The Kier molecular flexibility index (Phi) is 4.81. The molecule has 3 aromatic rings. The summed E-state index contributed by atoms with van der Waals surface area (Å²) < 4.78 is 6.81. The van der Waals surface area contributed by atoms with Crippen LogP contribution in [0.5, 0.6) is 5.75 Å². The maximum Gasteiger partial charge on any atom is 0.229 e. The zero-order valence-electron chi connectivity index (χ0n) is 14.1. The number of ether oxygens (including phenoxy) is 1. The van der Waals surface area contributed by atoms with Crippen LogP contribution in [-0.2, 0) is 4.79 Å². The van der Waals surface area contributed by atoms with Crippen LogP contribution in [-0.4, -0.2) is 17.5 Å². The van der Waals surface area contributed by atoms with Crippen LogP contribution in [0.3, 0.4) is 0 Å². The Morgan fingerprint density at radius 1 is 1.17 bits per heavy atom. The summed E-state index contributed by atoms with van der Waals surface area (Å²) in [5, 5.41) is 3.49. The SMILES string of the molecule is Cc1ccc(C)c(OCCC(=O)Nc2nc3c(C)cccc3s2)c1. The van der Waals surface area contributed by atoms with Gasteiger partial charge in [0, 0.05) is 0 Å². The number of carbonyl (C=O) groups excluding carboxylic acids is 1. The number of thiazole rings is 1. The van der Waals surface area contributed by atoms with E-state index in [1.165, 1.54) is 11.3 Å². The fraction of sp³-hybridized carbons (Fsp3) is 0.263. The summed E-state index contributed by atoms with van der Waals surface area (Å²) in [6, 6.07) is 12.1. The number of benzene rings is 2. The molecule has 1 heterocycles. The third kappa shape index (κ3) is 3.74. The van der Waals surface area contributed by atoms with Crippen LogP contribution in [0.25, 0.3) is 10.2 Å². The minimum absolute atomic E-state index is 0.0861. The second-order valence-corrected chi connectivity index (χ2v) is 6.89. The van der Waals surface area contributed by atoms with Crippen molar-refractivity contribution in [3.8, 4) is 5.75 Å². The first-order valence-electron chi connectivity index (χ1n) is 7.89. The molecule has 0 aliphatic heterocycles. The average Bonchev–Trinajstić information content (AvgIpc) is 2.94. The first-order valence-corrected chi connectivity index (χ1v) is 8.70. The molecular formula is C19H20N2O2S. The van der Waals surface area contributed by atoms with Gasteiger partial charge in [0.15, 0.2) is 5.13 Å². The summed E-state index contributed by atoms with van der Waals surface area (Å²) in [5.41, 5.74) is 4.28. The normalized spacial score (nSPS) is 10.8. The number of hydrogen-bond donors (Lipinski definition) is 1. The van der Waals surface area contributed by atoms with Gasteiger partial charge in [-0.1, -0.05) is 35.6 Å². The van der Waals surface area contributed by atoms with E-state index < -0.39 is 0 Å². The lowest BCUT2D eigenvalue weighted by molar-refractivity contribution is -0.116. The Morgan fingerprint density at radius 2 is 2.00 bits per heavy atom. The van der Waals surface area contributed by atoms with E-state index in [1.807, 2.05) is 57.2 Å². The van der Waals surface area contributed by atoms with Crippen molar-refractivity contribution in [1.29, 1.82) is 0 Å². The Bertz CT molecular complexity index is 886. The summed E-state index contributed by atoms with van der Waals surface area (Å²) in [4.78, 5) is 16.6. The zero-order chi connectivity index (χ0) is 17.1. The molecule has 1 amide bonds. The molecule has 0 radical (unpaired) electrons. The standard InChI is InChI=1S/C19H20N2O2S/c1-12-7-8-13(2)15(11-12)23-10-9-17(22)20-19-21-18-14(3)5-4-6-16(18)24-19/h4-8,11H,9-10H2,1-3H3,(H,20,21,22). The quantitative estimate of drug-likeness (QED) is 0.737. The molecule has 2 aromatic carbocycles. The van der Waals surface area contributed by atoms with Gasteiger partial charge in [-0.3, -0.25) is 4.79 Å². The van der Waals surface area contributed by atoms with Crippen molar-refractivity contribution in [2.24, 2.45) is 0 Å². The lowest BCUT2D eigenvalue weighted by atomic mass is 10.1. The molecule has 4 nitrogen and oxygen atoms in total. The van der Waals surface area contributed by atoms with Gasteiger partial charge in [0.2, 0.25) is 5.91 Å². The van der Waals surface area contributed by atoms with Crippen molar-refractivity contribution < 1.29 is 9.53 Å². The highest BCUT2D eigenvalue weighted by Crippen LogP contribution is 2.28. The van der Waals surface area contributed by atoms with Crippen LogP contribution in [0.1, 0.15) is 23.1 Å². The summed E-state index contributed by atoms with van der Waals surface area (Å²) in [7, 11) is 0. The van der Waals surface area contributed by atoms with Crippen LogP contribution in [0.4, 0.5) is 5.13 Å². The molecule has 0 bridgehead atoms. The molecule has 0 atom stereocenters. The topological polar surface area (TPSA) is 51.2 Å². The Morgan fingerprint density at radius 3 is 2.79 bits per heavy atom. The van der Waals surface area contributed by atoms with E-state index in [1.54, 1.807) is 0 Å². The number of nitrogens with zero attached hydrogens (tertiary/aromatic N) is 1. The van der Waals surface area contributed by atoms with Crippen LogP contribution in [0, 0.1) is 20.8 Å². The average molecular weight is 340 g/mol.